The van der Waals surface area contributed by atoms with E-state index in [1.807, 2.05) is 0 Å². The van der Waals surface area contributed by atoms with Crippen molar-refractivity contribution < 1.29 is 0 Å². The van der Waals surface area contributed by atoms with Crippen LogP contribution >= 0.6 is 0 Å². The third-order valence-corrected chi connectivity index (χ3v) is 4.31. The highest BCUT2D eigenvalue weighted by molar-refractivity contribution is 5.07. The van der Waals surface area contributed by atoms with Gasteiger partial charge in [-0.05, 0) is 49.4 Å². The summed E-state index contributed by atoms with van der Waals surface area (Å²) in [6.45, 7) is 0. The van der Waals surface area contributed by atoms with Crippen molar-refractivity contribution in [2.45, 2.75) is 44.9 Å². The van der Waals surface area contributed by atoms with Crippen LogP contribution in [0.1, 0.15) is 44.9 Å². The van der Waals surface area contributed by atoms with Crippen molar-refractivity contribution in [1.82, 2.24) is 0 Å². The quantitative estimate of drug-likeness (QED) is 0.480. The molecule has 0 heterocycles. The van der Waals surface area contributed by atoms with Crippen molar-refractivity contribution in [2.24, 2.45) is 17.3 Å². The van der Waals surface area contributed by atoms with Crippen LogP contribution in [0.2, 0.25) is 0 Å². The number of hydrogen-bond donors (Lipinski definition) is 0. The second-order valence-electron chi connectivity index (χ2n) is 4.80. The average molecular weight is 136 g/mol. The molecule has 0 aromatic rings. The van der Waals surface area contributed by atoms with E-state index in [2.05, 4.69) is 0 Å². The lowest BCUT2D eigenvalue weighted by atomic mass is 9.84. The monoisotopic (exact) mass is 136 g/mol. The molecule has 0 amide bonds. The highest BCUT2D eigenvalue weighted by Gasteiger charge is 2.56. The number of hydrogen-bond acceptors (Lipinski definition) is 0. The van der Waals surface area contributed by atoms with Crippen LogP contribution in [0, 0.1) is 17.3 Å². The van der Waals surface area contributed by atoms with Gasteiger partial charge in [-0.1, -0.05) is 12.8 Å². The van der Waals surface area contributed by atoms with E-state index in [1.165, 1.54) is 5.92 Å². The van der Waals surface area contributed by atoms with Gasteiger partial charge in [-0.25, -0.2) is 0 Å². The lowest BCUT2D eigenvalue weighted by Crippen LogP contribution is -2.10. The predicted molar refractivity (Wildman–Crippen MR) is 41.7 cm³/mol. The molecule has 0 aromatic carbocycles. The molecule has 4 saturated carbocycles. The molecule has 4 aliphatic carbocycles. The molecular weight excluding hydrogens is 120 g/mol. The number of rotatable bonds is 0. The van der Waals surface area contributed by atoms with Gasteiger partial charge >= 0.3 is 0 Å². The molecule has 56 valence electrons. The van der Waals surface area contributed by atoms with E-state index in [0.717, 1.165) is 11.3 Å². The molecule has 2 bridgehead atoms. The summed E-state index contributed by atoms with van der Waals surface area (Å²) in [6, 6.07) is 0. The van der Waals surface area contributed by atoms with Gasteiger partial charge in [0.2, 0.25) is 0 Å². The Morgan fingerprint density at radius 2 is 2.10 bits per heavy atom. The van der Waals surface area contributed by atoms with Crippen molar-refractivity contribution >= 4 is 0 Å². The zero-order valence-electron chi connectivity index (χ0n) is 6.60. The third kappa shape index (κ3) is 0.580. The maximum absolute atomic E-state index is 1.61. The van der Waals surface area contributed by atoms with Gasteiger partial charge in [0.1, 0.15) is 0 Å². The van der Waals surface area contributed by atoms with E-state index < -0.39 is 0 Å². The molecule has 4 aliphatic rings. The van der Waals surface area contributed by atoms with Crippen molar-refractivity contribution in [3.63, 3.8) is 0 Å². The fraction of sp³-hybridized carbons (Fsp3) is 1.00. The molecule has 0 saturated heterocycles. The van der Waals surface area contributed by atoms with Gasteiger partial charge in [-0.15, -0.1) is 0 Å². The topological polar surface area (TPSA) is 0 Å². The first-order chi connectivity index (χ1) is 4.89. The molecule has 0 aliphatic heterocycles. The molecule has 1 spiro atoms. The standard InChI is InChI=1S/C10H16/c1-2-8-3-5-10(4-1)7-9(10)6-8/h8-9H,1-7H2. The van der Waals surface area contributed by atoms with Gasteiger partial charge in [0.25, 0.3) is 0 Å². The van der Waals surface area contributed by atoms with Crippen LogP contribution in [0.3, 0.4) is 0 Å². The first-order valence-electron chi connectivity index (χ1n) is 4.89. The maximum atomic E-state index is 1.61. The zero-order valence-corrected chi connectivity index (χ0v) is 6.60. The van der Waals surface area contributed by atoms with Crippen molar-refractivity contribution in [2.75, 3.05) is 0 Å². The smallest absolute Gasteiger partial charge is 0.0266 e. The minimum absolute atomic E-state index is 0.938. The summed E-state index contributed by atoms with van der Waals surface area (Å²) in [6.07, 6.45) is 11.1. The van der Waals surface area contributed by atoms with Crippen LogP contribution in [0.5, 0.6) is 0 Å². The Morgan fingerprint density at radius 3 is 3.00 bits per heavy atom. The van der Waals surface area contributed by atoms with Crippen molar-refractivity contribution in [3.05, 3.63) is 0 Å². The Kier molecular flexibility index (Phi) is 0.898. The molecule has 10 heavy (non-hydrogen) atoms. The van der Waals surface area contributed by atoms with Gasteiger partial charge in [0, 0.05) is 0 Å². The second-order valence-corrected chi connectivity index (χ2v) is 4.80. The fourth-order valence-corrected chi connectivity index (χ4v) is 3.52. The SMILES string of the molecule is C1CC2CCC3(C1)CC3C2. The van der Waals surface area contributed by atoms with E-state index in [9.17, 15) is 0 Å². The van der Waals surface area contributed by atoms with Crippen molar-refractivity contribution in [1.29, 1.82) is 0 Å². The summed E-state index contributed by atoms with van der Waals surface area (Å²) in [5.74, 6) is 2.36. The molecular formula is C10H16. The van der Waals surface area contributed by atoms with Gasteiger partial charge in [-0.2, -0.15) is 0 Å². The highest BCUT2D eigenvalue weighted by atomic mass is 14.6. The first-order valence-corrected chi connectivity index (χ1v) is 4.89. The molecule has 0 aromatic heterocycles. The van der Waals surface area contributed by atoms with Gasteiger partial charge < -0.3 is 0 Å². The molecule has 0 radical (unpaired) electrons. The van der Waals surface area contributed by atoms with E-state index in [0.29, 0.717) is 0 Å². The maximum Gasteiger partial charge on any atom is -0.0266 e. The van der Waals surface area contributed by atoms with Crippen LogP contribution in [0.25, 0.3) is 0 Å². The molecule has 3 atom stereocenters. The molecule has 4 fully saturated rings. The summed E-state index contributed by atoms with van der Waals surface area (Å²) >= 11 is 0. The summed E-state index contributed by atoms with van der Waals surface area (Å²) in [5, 5.41) is 0. The average Bonchev–Trinajstić information content (AvgIpc) is 2.60. The Hall–Kier alpha value is 0. The minimum atomic E-state index is 0.938. The lowest BCUT2D eigenvalue weighted by molar-refractivity contribution is 0.295. The molecule has 3 unspecified atom stereocenters. The summed E-state index contributed by atoms with van der Waals surface area (Å²) in [5.41, 5.74) is 0.938. The van der Waals surface area contributed by atoms with E-state index >= 15 is 0 Å². The van der Waals surface area contributed by atoms with E-state index in [4.69, 9.17) is 0 Å². The first kappa shape index (κ1) is 5.62. The van der Waals surface area contributed by atoms with Crippen LogP contribution in [-0.2, 0) is 0 Å². The van der Waals surface area contributed by atoms with Gasteiger partial charge in [0.05, 0.1) is 0 Å². The third-order valence-electron chi connectivity index (χ3n) is 4.31. The van der Waals surface area contributed by atoms with Crippen LogP contribution in [0.4, 0.5) is 0 Å². The lowest BCUT2D eigenvalue weighted by Gasteiger charge is -2.21. The molecule has 0 heteroatoms. The summed E-state index contributed by atoms with van der Waals surface area (Å²) in [7, 11) is 0. The molecule has 0 nitrogen and oxygen atoms in total. The molecule has 4 rings (SSSR count). The summed E-state index contributed by atoms with van der Waals surface area (Å²) in [4.78, 5) is 0. The Morgan fingerprint density at radius 1 is 1.10 bits per heavy atom. The Bertz CT molecular complexity index is 155. The number of fused-ring (bicyclic) bond motifs is 3. The minimum Gasteiger partial charge on any atom is -0.0525 e. The van der Waals surface area contributed by atoms with Crippen LogP contribution < -0.4 is 0 Å². The summed E-state index contributed by atoms with van der Waals surface area (Å²) < 4.78 is 0. The highest BCUT2D eigenvalue weighted by Crippen LogP contribution is 2.67. The van der Waals surface area contributed by atoms with Gasteiger partial charge in [-0.3, -0.25) is 0 Å². The van der Waals surface area contributed by atoms with E-state index in [-0.39, 0.29) is 0 Å². The fourth-order valence-electron chi connectivity index (χ4n) is 3.52. The Balaban J connectivity index is 1.92. The largest absolute Gasteiger partial charge is 0.0525 e. The molecule has 0 N–H and O–H groups in total. The van der Waals surface area contributed by atoms with E-state index in [1.54, 1.807) is 44.9 Å². The second kappa shape index (κ2) is 1.60. The zero-order chi connectivity index (χ0) is 6.60. The van der Waals surface area contributed by atoms with Crippen LogP contribution in [-0.4, -0.2) is 0 Å². The van der Waals surface area contributed by atoms with Crippen molar-refractivity contribution in [3.8, 4) is 0 Å². The van der Waals surface area contributed by atoms with Gasteiger partial charge in [0.15, 0.2) is 0 Å². The predicted octanol–water partition coefficient (Wildman–Crippen LogP) is 2.98. The Labute approximate surface area is 63.0 Å². The van der Waals surface area contributed by atoms with Crippen LogP contribution in [0.15, 0.2) is 0 Å². The normalized spacial score (nSPS) is 57.6.